The second-order valence-electron chi connectivity index (χ2n) is 9.33. The summed E-state index contributed by atoms with van der Waals surface area (Å²) in [5, 5.41) is 12.7. The van der Waals surface area contributed by atoms with Gasteiger partial charge in [-0.1, -0.05) is 86.6 Å². The van der Waals surface area contributed by atoms with Crippen LogP contribution in [-0.2, 0) is 10.2 Å². The van der Waals surface area contributed by atoms with Crippen molar-refractivity contribution >= 4 is 33.6 Å². The lowest BCUT2D eigenvalue weighted by atomic mass is 9.87. The van der Waals surface area contributed by atoms with Crippen molar-refractivity contribution in [1.82, 2.24) is 20.1 Å². The van der Waals surface area contributed by atoms with Crippen molar-refractivity contribution in [2.45, 2.75) is 58.2 Å². The summed E-state index contributed by atoms with van der Waals surface area (Å²) in [5.74, 6) is 1.43. The quantitative estimate of drug-likeness (QED) is 0.378. The largest absolute Gasteiger partial charge is 0.353 e. The van der Waals surface area contributed by atoms with E-state index in [1.165, 1.54) is 17.3 Å². The van der Waals surface area contributed by atoms with E-state index in [0.29, 0.717) is 11.1 Å². The molecule has 0 unspecified atom stereocenters. The van der Waals surface area contributed by atoms with Crippen molar-refractivity contribution < 1.29 is 4.79 Å². The zero-order valence-electron chi connectivity index (χ0n) is 19.5. The number of rotatable bonds is 7. The van der Waals surface area contributed by atoms with Gasteiger partial charge >= 0.3 is 0 Å². The Morgan fingerprint density at radius 3 is 2.22 bits per heavy atom. The molecule has 0 aliphatic heterocycles. The highest BCUT2D eigenvalue weighted by Gasteiger charge is 2.19. The summed E-state index contributed by atoms with van der Waals surface area (Å²) < 4.78 is 3.02. The van der Waals surface area contributed by atoms with Gasteiger partial charge < -0.3 is 5.32 Å². The van der Waals surface area contributed by atoms with Crippen LogP contribution in [0, 0.1) is 5.92 Å². The number of hydrogen-bond donors (Lipinski definition) is 1. The Morgan fingerprint density at radius 2 is 1.66 bits per heavy atom. The Balaban J connectivity index is 1.92. The molecule has 0 radical (unpaired) electrons. The van der Waals surface area contributed by atoms with Crippen molar-refractivity contribution in [2.75, 3.05) is 5.75 Å². The Bertz CT molecular complexity index is 1050. The highest BCUT2D eigenvalue weighted by atomic mass is 79.9. The maximum Gasteiger partial charge on any atom is 0.230 e. The minimum atomic E-state index is -0.00219. The fraction of sp³-hybridized carbons (Fsp3) is 0.400. The molecule has 0 spiro atoms. The van der Waals surface area contributed by atoms with Gasteiger partial charge in [-0.15, -0.1) is 10.2 Å². The summed E-state index contributed by atoms with van der Waals surface area (Å²) in [5.41, 5.74) is 3.28. The van der Waals surface area contributed by atoms with Crippen LogP contribution in [0.1, 0.15) is 47.1 Å². The third kappa shape index (κ3) is 6.01. The summed E-state index contributed by atoms with van der Waals surface area (Å²) in [7, 11) is 0. The smallest absolute Gasteiger partial charge is 0.230 e. The third-order valence-electron chi connectivity index (χ3n) is 5.45. The van der Waals surface area contributed by atoms with Crippen LogP contribution in [0.5, 0.6) is 0 Å². The lowest BCUT2D eigenvalue weighted by Gasteiger charge is -2.19. The van der Waals surface area contributed by atoms with Gasteiger partial charge in [-0.05, 0) is 48.1 Å². The third-order valence-corrected chi connectivity index (χ3v) is 6.91. The first-order valence-corrected chi connectivity index (χ1v) is 12.6. The first-order valence-electron chi connectivity index (χ1n) is 10.8. The molecule has 1 heterocycles. The molecule has 1 amide bonds. The van der Waals surface area contributed by atoms with Crippen LogP contribution in [0.2, 0.25) is 0 Å². The Hall–Kier alpha value is -2.12. The second-order valence-corrected chi connectivity index (χ2v) is 11.2. The fourth-order valence-electron chi connectivity index (χ4n) is 3.08. The van der Waals surface area contributed by atoms with Gasteiger partial charge in [-0.3, -0.25) is 9.36 Å². The molecule has 0 fully saturated rings. The Morgan fingerprint density at radius 1 is 1.03 bits per heavy atom. The summed E-state index contributed by atoms with van der Waals surface area (Å²) in [4.78, 5) is 12.4. The first-order chi connectivity index (χ1) is 15.1. The van der Waals surface area contributed by atoms with Gasteiger partial charge in [-0.25, -0.2) is 0 Å². The molecule has 0 saturated carbocycles. The van der Waals surface area contributed by atoms with Crippen molar-refractivity contribution in [3.05, 3.63) is 58.6 Å². The van der Waals surface area contributed by atoms with E-state index in [9.17, 15) is 4.79 Å². The van der Waals surface area contributed by atoms with Crippen LogP contribution in [-0.4, -0.2) is 32.5 Å². The molecule has 0 aliphatic rings. The number of aromatic nitrogens is 3. The Labute approximate surface area is 203 Å². The number of carbonyl (C=O) groups excluding carboxylic acids is 1. The number of hydrogen-bond acceptors (Lipinski definition) is 4. The highest BCUT2D eigenvalue weighted by molar-refractivity contribution is 9.10. The first kappa shape index (κ1) is 24.5. The molecule has 5 nitrogen and oxygen atoms in total. The van der Waals surface area contributed by atoms with Crippen LogP contribution in [0.15, 0.2) is 58.2 Å². The van der Waals surface area contributed by atoms with E-state index in [1.54, 1.807) is 0 Å². The molecule has 1 N–H and O–H groups in total. The molecule has 0 saturated heterocycles. The van der Waals surface area contributed by atoms with Crippen LogP contribution < -0.4 is 5.32 Å². The van der Waals surface area contributed by atoms with E-state index >= 15 is 0 Å². The topological polar surface area (TPSA) is 59.8 Å². The maximum absolute atomic E-state index is 12.4. The number of amides is 1. The lowest BCUT2D eigenvalue weighted by molar-refractivity contribution is -0.119. The second kappa shape index (κ2) is 10.2. The number of nitrogens with zero attached hydrogens (tertiary/aromatic N) is 3. The van der Waals surface area contributed by atoms with E-state index in [2.05, 4.69) is 90.3 Å². The number of nitrogens with one attached hydrogen (secondary N) is 1. The van der Waals surface area contributed by atoms with Crippen molar-refractivity contribution in [3.63, 3.8) is 0 Å². The van der Waals surface area contributed by atoms with Gasteiger partial charge in [0.15, 0.2) is 11.0 Å². The average molecular weight is 516 g/mol. The SMILES string of the molecule is CC(C)[C@@H](C)NC(=O)CSc1nnc(-c2ccc(C(C)(C)C)cc2)n1-c1ccc(Br)cc1. The minimum absolute atomic E-state index is 0.00219. The zero-order valence-corrected chi connectivity index (χ0v) is 21.9. The van der Waals surface area contributed by atoms with Crippen LogP contribution in [0.4, 0.5) is 0 Å². The van der Waals surface area contributed by atoms with E-state index in [1.807, 2.05) is 35.8 Å². The predicted molar refractivity (Wildman–Crippen MR) is 136 cm³/mol. The van der Waals surface area contributed by atoms with Crippen molar-refractivity contribution in [3.8, 4) is 17.1 Å². The van der Waals surface area contributed by atoms with E-state index in [4.69, 9.17) is 0 Å². The van der Waals surface area contributed by atoms with Gasteiger partial charge in [-0.2, -0.15) is 0 Å². The molecule has 3 aromatic rings. The van der Waals surface area contributed by atoms with Gasteiger partial charge in [0.05, 0.1) is 5.75 Å². The molecule has 32 heavy (non-hydrogen) atoms. The van der Waals surface area contributed by atoms with Gasteiger partial charge in [0, 0.05) is 21.8 Å². The summed E-state index contributed by atoms with van der Waals surface area (Å²) >= 11 is 4.90. The molecule has 0 bridgehead atoms. The summed E-state index contributed by atoms with van der Waals surface area (Å²) in [6.45, 7) is 12.8. The van der Waals surface area contributed by atoms with Crippen LogP contribution in [0.25, 0.3) is 17.1 Å². The monoisotopic (exact) mass is 514 g/mol. The van der Waals surface area contributed by atoms with Crippen molar-refractivity contribution in [2.24, 2.45) is 5.92 Å². The maximum atomic E-state index is 12.4. The molecule has 0 aliphatic carbocycles. The molecule has 3 rings (SSSR count). The van der Waals surface area contributed by atoms with Crippen LogP contribution >= 0.6 is 27.7 Å². The normalized spacial score (nSPS) is 12.8. The molecular weight excluding hydrogens is 484 g/mol. The standard InChI is InChI=1S/C25H31BrN4OS/c1-16(2)17(3)27-22(31)15-32-24-29-28-23(30(24)21-13-11-20(26)12-14-21)18-7-9-19(10-8-18)25(4,5)6/h7-14,16-17H,15H2,1-6H3,(H,27,31)/t17-/m1/s1. The van der Waals surface area contributed by atoms with Crippen molar-refractivity contribution in [1.29, 1.82) is 0 Å². The summed E-state index contributed by atoms with van der Waals surface area (Å²) in [6, 6.07) is 16.6. The molecule has 7 heteroatoms. The van der Waals surface area contributed by atoms with Crippen LogP contribution in [0.3, 0.4) is 0 Å². The molecule has 2 aromatic carbocycles. The van der Waals surface area contributed by atoms with Gasteiger partial charge in [0.25, 0.3) is 0 Å². The van der Waals surface area contributed by atoms with Gasteiger partial charge in [0.1, 0.15) is 0 Å². The molecular formula is C25H31BrN4OS. The highest BCUT2D eigenvalue weighted by Crippen LogP contribution is 2.30. The summed E-state index contributed by atoms with van der Waals surface area (Å²) in [6.07, 6.45) is 0. The fourth-order valence-corrected chi connectivity index (χ4v) is 4.11. The number of halogens is 1. The molecule has 170 valence electrons. The lowest BCUT2D eigenvalue weighted by Crippen LogP contribution is -2.37. The average Bonchev–Trinajstić information content (AvgIpc) is 3.16. The Kier molecular flexibility index (Phi) is 7.83. The van der Waals surface area contributed by atoms with Gasteiger partial charge in [0.2, 0.25) is 5.91 Å². The van der Waals surface area contributed by atoms with E-state index in [-0.39, 0.29) is 23.1 Å². The zero-order chi connectivity index (χ0) is 23.5. The number of benzene rings is 2. The molecule has 1 atom stereocenters. The van der Waals surface area contributed by atoms with E-state index < -0.39 is 0 Å². The molecule has 1 aromatic heterocycles. The van der Waals surface area contributed by atoms with E-state index in [0.717, 1.165) is 21.5 Å². The number of thioether (sulfide) groups is 1. The minimum Gasteiger partial charge on any atom is -0.353 e. The predicted octanol–water partition coefficient (Wildman–Crippen LogP) is 6.25. The number of carbonyl (C=O) groups is 1.